The molecule has 0 aromatic heterocycles. The molecule has 0 unspecified atom stereocenters. The van der Waals surface area contributed by atoms with Crippen LogP contribution in [-0.4, -0.2) is 31.1 Å². The number of benzene rings is 1. The molecule has 0 aliphatic rings. The quantitative estimate of drug-likeness (QED) is 0.636. The lowest BCUT2D eigenvalue weighted by Gasteiger charge is -2.17. The molecule has 2 nitrogen and oxygen atoms in total. The fourth-order valence-electron chi connectivity index (χ4n) is 1.39. The van der Waals surface area contributed by atoms with Crippen molar-refractivity contribution in [1.29, 1.82) is 0 Å². The summed E-state index contributed by atoms with van der Waals surface area (Å²) in [7, 11) is 0. The Morgan fingerprint density at radius 2 is 1.80 bits per heavy atom. The van der Waals surface area contributed by atoms with E-state index >= 15 is 0 Å². The SMILES string of the molecule is CCN(CC)C[CH]COc1ccccc1. The minimum atomic E-state index is 0.681. The molecule has 83 valence electrons. The summed E-state index contributed by atoms with van der Waals surface area (Å²) in [5, 5.41) is 0. The standard InChI is InChI=1S/C13H20NO/c1-3-14(4-2)11-8-12-15-13-9-6-5-7-10-13/h5-10H,3-4,11-12H2,1-2H3. The highest BCUT2D eigenvalue weighted by Crippen LogP contribution is 2.08. The molecule has 0 aliphatic heterocycles. The largest absolute Gasteiger partial charge is 0.493 e. The molecule has 1 aromatic rings. The van der Waals surface area contributed by atoms with E-state index in [9.17, 15) is 0 Å². The molecule has 0 heterocycles. The second-order valence-electron chi connectivity index (χ2n) is 3.40. The lowest BCUT2D eigenvalue weighted by Crippen LogP contribution is -2.25. The maximum atomic E-state index is 5.56. The minimum Gasteiger partial charge on any atom is -0.493 e. The topological polar surface area (TPSA) is 12.5 Å². The first-order valence-electron chi connectivity index (χ1n) is 5.58. The Kier molecular flexibility index (Phi) is 5.86. The van der Waals surface area contributed by atoms with E-state index in [-0.39, 0.29) is 0 Å². The van der Waals surface area contributed by atoms with Gasteiger partial charge in [-0.2, -0.15) is 0 Å². The zero-order chi connectivity index (χ0) is 10.9. The highest BCUT2D eigenvalue weighted by Gasteiger charge is 1.98. The van der Waals surface area contributed by atoms with Crippen LogP contribution in [-0.2, 0) is 0 Å². The van der Waals surface area contributed by atoms with Crippen molar-refractivity contribution in [2.24, 2.45) is 0 Å². The first-order valence-corrected chi connectivity index (χ1v) is 5.58. The van der Waals surface area contributed by atoms with Crippen LogP contribution in [0.1, 0.15) is 13.8 Å². The van der Waals surface area contributed by atoms with Crippen molar-refractivity contribution in [3.05, 3.63) is 36.8 Å². The Balaban J connectivity index is 2.12. The van der Waals surface area contributed by atoms with Crippen molar-refractivity contribution in [2.75, 3.05) is 26.2 Å². The van der Waals surface area contributed by atoms with E-state index in [0.717, 1.165) is 25.4 Å². The van der Waals surface area contributed by atoms with Crippen molar-refractivity contribution in [3.63, 3.8) is 0 Å². The highest BCUT2D eigenvalue weighted by atomic mass is 16.5. The van der Waals surface area contributed by atoms with Crippen molar-refractivity contribution < 1.29 is 4.74 Å². The summed E-state index contributed by atoms with van der Waals surface area (Å²) in [5.41, 5.74) is 0. The van der Waals surface area contributed by atoms with E-state index in [1.54, 1.807) is 0 Å². The summed E-state index contributed by atoms with van der Waals surface area (Å²) in [6.45, 7) is 8.22. The van der Waals surface area contributed by atoms with Crippen LogP contribution >= 0.6 is 0 Å². The fourth-order valence-corrected chi connectivity index (χ4v) is 1.39. The summed E-state index contributed by atoms with van der Waals surface area (Å²) in [6.07, 6.45) is 2.17. The Labute approximate surface area is 92.9 Å². The Hall–Kier alpha value is -1.02. The van der Waals surface area contributed by atoms with E-state index in [0.29, 0.717) is 6.61 Å². The van der Waals surface area contributed by atoms with Crippen LogP contribution in [0.5, 0.6) is 5.75 Å². The average Bonchev–Trinajstić information content (AvgIpc) is 2.31. The van der Waals surface area contributed by atoms with Gasteiger partial charge in [0.15, 0.2) is 0 Å². The summed E-state index contributed by atoms with van der Waals surface area (Å²) >= 11 is 0. The first-order chi connectivity index (χ1) is 7.36. The zero-order valence-electron chi connectivity index (χ0n) is 9.65. The molecule has 2 heteroatoms. The summed E-state index contributed by atoms with van der Waals surface area (Å²) in [4.78, 5) is 2.36. The van der Waals surface area contributed by atoms with Gasteiger partial charge in [-0.1, -0.05) is 32.0 Å². The number of ether oxygens (including phenoxy) is 1. The van der Waals surface area contributed by atoms with Gasteiger partial charge in [0.2, 0.25) is 0 Å². The van der Waals surface area contributed by atoms with E-state index in [1.807, 2.05) is 30.3 Å². The normalized spacial score (nSPS) is 10.6. The first kappa shape index (κ1) is 12.1. The molecule has 0 atom stereocenters. The third-order valence-electron chi connectivity index (χ3n) is 2.39. The predicted molar refractivity (Wildman–Crippen MR) is 64.0 cm³/mol. The Morgan fingerprint density at radius 3 is 2.40 bits per heavy atom. The Bertz CT molecular complexity index is 244. The molecular formula is C13H20NO. The molecule has 0 spiro atoms. The number of nitrogens with zero attached hydrogens (tertiary/aromatic N) is 1. The fraction of sp³-hybridized carbons (Fsp3) is 0.462. The molecule has 0 saturated heterocycles. The molecule has 0 bridgehead atoms. The second-order valence-corrected chi connectivity index (χ2v) is 3.40. The summed E-state index contributed by atoms with van der Waals surface area (Å²) < 4.78 is 5.56. The molecule has 15 heavy (non-hydrogen) atoms. The summed E-state index contributed by atoms with van der Waals surface area (Å²) in [5.74, 6) is 0.938. The van der Waals surface area contributed by atoms with Gasteiger partial charge in [-0.15, -0.1) is 0 Å². The smallest absolute Gasteiger partial charge is 0.119 e. The molecule has 0 N–H and O–H groups in total. The van der Waals surface area contributed by atoms with Gasteiger partial charge in [-0.25, -0.2) is 0 Å². The minimum absolute atomic E-state index is 0.681. The molecule has 1 aromatic carbocycles. The molecule has 0 aliphatic carbocycles. The number of hydrogen-bond donors (Lipinski definition) is 0. The predicted octanol–water partition coefficient (Wildman–Crippen LogP) is 2.61. The monoisotopic (exact) mass is 206 g/mol. The van der Waals surface area contributed by atoms with Crippen LogP contribution < -0.4 is 4.74 Å². The average molecular weight is 206 g/mol. The highest BCUT2D eigenvalue weighted by molar-refractivity contribution is 5.20. The van der Waals surface area contributed by atoms with Crippen molar-refractivity contribution in [2.45, 2.75) is 13.8 Å². The van der Waals surface area contributed by atoms with Gasteiger partial charge in [-0.05, 0) is 25.2 Å². The van der Waals surface area contributed by atoms with Gasteiger partial charge in [0.1, 0.15) is 5.75 Å². The van der Waals surface area contributed by atoms with Crippen LogP contribution in [0.4, 0.5) is 0 Å². The lowest BCUT2D eigenvalue weighted by molar-refractivity contribution is 0.291. The van der Waals surface area contributed by atoms with E-state index in [4.69, 9.17) is 4.74 Å². The van der Waals surface area contributed by atoms with Crippen molar-refractivity contribution in [1.82, 2.24) is 4.90 Å². The lowest BCUT2D eigenvalue weighted by atomic mass is 10.3. The third-order valence-corrected chi connectivity index (χ3v) is 2.39. The third kappa shape index (κ3) is 4.84. The van der Waals surface area contributed by atoms with Gasteiger partial charge in [-0.3, -0.25) is 0 Å². The van der Waals surface area contributed by atoms with Gasteiger partial charge >= 0.3 is 0 Å². The number of para-hydroxylation sites is 1. The molecule has 0 amide bonds. The van der Waals surface area contributed by atoms with Crippen LogP contribution in [0, 0.1) is 6.42 Å². The van der Waals surface area contributed by atoms with Gasteiger partial charge < -0.3 is 9.64 Å². The van der Waals surface area contributed by atoms with Gasteiger partial charge in [0.05, 0.1) is 6.61 Å². The van der Waals surface area contributed by atoms with Gasteiger partial charge in [0, 0.05) is 13.0 Å². The van der Waals surface area contributed by atoms with Crippen molar-refractivity contribution >= 4 is 0 Å². The van der Waals surface area contributed by atoms with Crippen LogP contribution in [0.2, 0.25) is 0 Å². The van der Waals surface area contributed by atoms with E-state index in [2.05, 4.69) is 25.2 Å². The maximum Gasteiger partial charge on any atom is 0.119 e. The van der Waals surface area contributed by atoms with Crippen LogP contribution in [0.15, 0.2) is 30.3 Å². The number of rotatable bonds is 7. The van der Waals surface area contributed by atoms with E-state index in [1.165, 1.54) is 0 Å². The molecule has 1 radical (unpaired) electrons. The molecular weight excluding hydrogens is 186 g/mol. The van der Waals surface area contributed by atoms with Crippen LogP contribution in [0.3, 0.4) is 0 Å². The Morgan fingerprint density at radius 1 is 1.13 bits per heavy atom. The van der Waals surface area contributed by atoms with Gasteiger partial charge in [0.25, 0.3) is 0 Å². The van der Waals surface area contributed by atoms with Crippen molar-refractivity contribution in [3.8, 4) is 5.75 Å². The maximum absolute atomic E-state index is 5.56. The molecule has 1 rings (SSSR count). The summed E-state index contributed by atoms with van der Waals surface area (Å²) in [6, 6.07) is 9.92. The second kappa shape index (κ2) is 7.30. The zero-order valence-corrected chi connectivity index (χ0v) is 9.65. The molecule has 0 saturated carbocycles. The molecule has 0 fully saturated rings. The number of hydrogen-bond acceptors (Lipinski definition) is 2. The van der Waals surface area contributed by atoms with E-state index < -0.39 is 0 Å². The van der Waals surface area contributed by atoms with Crippen LogP contribution in [0.25, 0.3) is 0 Å².